The van der Waals surface area contributed by atoms with E-state index >= 15 is 0 Å². The van der Waals surface area contributed by atoms with Gasteiger partial charge >= 0.3 is 6.03 Å². The number of anilines is 2. The molecule has 5 heteroatoms. The van der Waals surface area contributed by atoms with Crippen LogP contribution >= 0.6 is 11.6 Å². The average Bonchev–Trinajstić information content (AvgIpc) is 2.56. The Morgan fingerprint density at radius 2 is 1.54 bits per heavy atom. The van der Waals surface area contributed by atoms with Crippen LogP contribution in [0, 0.1) is 13.8 Å². The van der Waals surface area contributed by atoms with Crippen LogP contribution in [0.5, 0.6) is 0 Å². The second-order valence-corrected chi connectivity index (χ2v) is 6.69. The van der Waals surface area contributed by atoms with Crippen molar-refractivity contribution in [2.24, 2.45) is 0 Å². The van der Waals surface area contributed by atoms with Gasteiger partial charge in [-0.05, 0) is 61.4 Å². The highest BCUT2D eigenvalue weighted by Crippen LogP contribution is 2.21. The topological polar surface area (TPSA) is 35.6 Å². The molecule has 0 aliphatic carbocycles. The van der Waals surface area contributed by atoms with E-state index in [1.54, 1.807) is 12.1 Å². The highest BCUT2D eigenvalue weighted by Gasteiger charge is 2.21. The summed E-state index contributed by atoms with van der Waals surface area (Å²) in [7, 11) is 0. The van der Waals surface area contributed by atoms with Crippen LogP contribution in [0.3, 0.4) is 0 Å². The van der Waals surface area contributed by atoms with Gasteiger partial charge in [-0.15, -0.1) is 0 Å². The molecule has 1 fully saturated rings. The number of carbonyl (C=O) groups is 1. The van der Waals surface area contributed by atoms with Crippen molar-refractivity contribution in [3.05, 3.63) is 58.6 Å². The van der Waals surface area contributed by atoms with Crippen molar-refractivity contribution < 1.29 is 4.79 Å². The lowest BCUT2D eigenvalue weighted by Gasteiger charge is -2.36. The summed E-state index contributed by atoms with van der Waals surface area (Å²) in [5.41, 5.74) is 4.55. The number of urea groups is 1. The van der Waals surface area contributed by atoms with Crippen LogP contribution in [0.4, 0.5) is 16.2 Å². The third-order valence-corrected chi connectivity index (χ3v) is 4.49. The molecule has 1 N–H and O–H groups in total. The van der Waals surface area contributed by atoms with Crippen LogP contribution in [-0.4, -0.2) is 37.1 Å². The Balaban J connectivity index is 1.58. The van der Waals surface area contributed by atoms with E-state index in [0.29, 0.717) is 18.1 Å². The molecule has 2 amide bonds. The number of benzene rings is 2. The van der Waals surface area contributed by atoms with Gasteiger partial charge in [0.2, 0.25) is 0 Å². The first-order valence-corrected chi connectivity index (χ1v) is 8.54. The zero-order chi connectivity index (χ0) is 17.1. The maximum absolute atomic E-state index is 12.4. The number of hydrogen-bond donors (Lipinski definition) is 1. The predicted octanol–water partition coefficient (Wildman–Crippen LogP) is 4.31. The minimum absolute atomic E-state index is 0.0580. The third kappa shape index (κ3) is 4.01. The fraction of sp³-hybridized carbons (Fsp3) is 0.316. The number of nitrogens with one attached hydrogen (secondary N) is 1. The Hall–Kier alpha value is -2.20. The maximum atomic E-state index is 12.4. The number of aryl methyl sites for hydroxylation is 2. The minimum atomic E-state index is -0.0580. The second kappa shape index (κ2) is 7.14. The Kier molecular flexibility index (Phi) is 4.95. The van der Waals surface area contributed by atoms with E-state index in [9.17, 15) is 4.79 Å². The number of rotatable bonds is 2. The van der Waals surface area contributed by atoms with Gasteiger partial charge in [-0.3, -0.25) is 0 Å². The van der Waals surface area contributed by atoms with E-state index in [0.717, 1.165) is 18.8 Å². The van der Waals surface area contributed by atoms with E-state index in [4.69, 9.17) is 11.6 Å². The minimum Gasteiger partial charge on any atom is -0.368 e. The van der Waals surface area contributed by atoms with Crippen LogP contribution in [-0.2, 0) is 0 Å². The van der Waals surface area contributed by atoms with Crippen molar-refractivity contribution in [2.45, 2.75) is 13.8 Å². The quantitative estimate of drug-likeness (QED) is 0.881. The van der Waals surface area contributed by atoms with E-state index < -0.39 is 0 Å². The Morgan fingerprint density at radius 3 is 2.12 bits per heavy atom. The molecule has 1 aliphatic heterocycles. The fourth-order valence-corrected chi connectivity index (χ4v) is 3.16. The smallest absolute Gasteiger partial charge is 0.321 e. The Morgan fingerprint density at radius 1 is 0.958 bits per heavy atom. The molecule has 0 saturated carbocycles. The summed E-state index contributed by atoms with van der Waals surface area (Å²) in [5, 5.41) is 3.58. The molecule has 1 aliphatic rings. The van der Waals surface area contributed by atoms with E-state index in [1.807, 2.05) is 17.0 Å². The SMILES string of the molecule is Cc1cc(C)cc(N2CCN(C(=O)Nc3ccc(Cl)cc3)CC2)c1. The molecule has 0 bridgehead atoms. The van der Waals surface area contributed by atoms with Gasteiger partial charge in [-0.1, -0.05) is 17.7 Å². The number of halogens is 1. The number of hydrogen-bond acceptors (Lipinski definition) is 2. The van der Waals surface area contributed by atoms with Crippen molar-refractivity contribution in [2.75, 3.05) is 36.4 Å². The molecule has 24 heavy (non-hydrogen) atoms. The molecule has 3 rings (SSSR count). The third-order valence-electron chi connectivity index (χ3n) is 4.23. The summed E-state index contributed by atoms with van der Waals surface area (Å²) in [5.74, 6) is 0. The molecule has 4 nitrogen and oxygen atoms in total. The fourth-order valence-electron chi connectivity index (χ4n) is 3.04. The average molecular weight is 344 g/mol. The lowest BCUT2D eigenvalue weighted by Crippen LogP contribution is -2.50. The Bertz CT molecular complexity index is 702. The van der Waals surface area contributed by atoms with Crippen molar-refractivity contribution >= 4 is 29.0 Å². The molecule has 0 unspecified atom stereocenters. The maximum Gasteiger partial charge on any atom is 0.321 e. The zero-order valence-corrected chi connectivity index (χ0v) is 14.8. The van der Waals surface area contributed by atoms with Crippen molar-refractivity contribution in [1.29, 1.82) is 0 Å². The monoisotopic (exact) mass is 343 g/mol. The Labute approximate surface area is 148 Å². The lowest BCUT2D eigenvalue weighted by molar-refractivity contribution is 0.208. The highest BCUT2D eigenvalue weighted by atomic mass is 35.5. The van der Waals surface area contributed by atoms with Gasteiger partial charge in [0.15, 0.2) is 0 Å². The summed E-state index contributed by atoms with van der Waals surface area (Å²) < 4.78 is 0. The summed E-state index contributed by atoms with van der Waals surface area (Å²) in [6.07, 6.45) is 0. The molecule has 126 valence electrons. The summed E-state index contributed by atoms with van der Waals surface area (Å²) in [6, 6.07) is 13.7. The number of amides is 2. The second-order valence-electron chi connectivity index (χ2n) is 6.26. The van der Waals surface area contributed by atoms with Crippen molar-refractivity contribution in [3.63, 3.8) is 0 Å². The van der Waals surface area contributed by atoms with Crippen LogP contribution in [0.25, 0.3) is 0 Å². The molecular weight excluding hydrogens is 322 g/mol. The largest absolute Gasteiger partial charge is 0.368 e. The number of piperazine rings is 1. The molecular formula is C19H22ClN3O. The number of nitrogens with zero attached hydrogens (tertiary/aromatic N) is 2. The lowest BCUT2D eigenvalue weighted by atomic mass is 10.1. The van der Waals surface area contributed by atoms with Gasteiger partial charge in [-0.2, -0.15) is 0 Å². The molecule has 0 aromatic heterocycles. The normalized spacial score (nSPS) is 14.6. The van der Waals surface area contributed by atoms with E-state index in [1.165, 1.54) is 16.8 Å². The van der Waals surface area contributed by atoms with Crippen LogP contribution in [0.15, 0.2) is 42.5 Å². The zero-order valence-electron chi connectivity index (χ0n) is 14.1. The number of carbonyl (C=O) groups excluding carboxylic acids is 1. The molecule has 2 aromatic rings. The highest BCUT2D eigenvalue weighted by molar-refractivity contribution is 6.30. The van der Waals surface area contributed by atoms with E-state index in [-0.39, 0.29) is 6.03 Å². The van der Waals surface area contributed by atoms with Crippen LogP contribution < -0.4 is 10.2 Å². The molecule has 0 radical (unpaired) electrons. The summed E-state index contributed by atoms with van der Waals surface area (Å²) in [6.45, 7) is 7.35. The summed E-state index contributed by atoms with van der Waals surface area (Å²) in [4.78, 5) is 16.6. The van der Waals surface area contributed by atoms with Crippen LogP contribution in [0.2, 0.25) is 5.02 Å². The standard InChI is InChI=1S/C19H22ClN3O/c1-14-11-15(2)13-18(12-14)22-7-9-23(10-8-22)19(24)21-17-5-3-16(20)4-6-17/h3-6,11-13H,7-10H2,1-2H3,(H,21,24). The van der Waals surface area contributed by atoms with Crippen molar-refractivity contribution in [1.82, 2.24) is 4.90 Å². The van der Waals surface area contributed by atoms with Gasteiger partial charge in [0.25, 0.3) is 0 Å². The molecule has 1 saturated heterocycles. The van der Waals surface area contributed by atoms with Gasteiger partial charge in [-0.25, -0.2) is 4.79 Å². The summed E-state index contributed by atoms with van der Waals surface area (Å²) >= 11 is 5.86. The van der Waals surface area contributed by atoms with E-state index in [2.05, 4.69) is 42.3 Å². The van der Waals surface area contributed by atoms with Crippen LogP contribution in [0.1, 0.15) is 11.1 Å². The molecule has 2 aromatic carbocycles. The predicted molar refractivity (Wildman–Crippen MR) is 100 cm³/mol. The first kappa shape index (κ1) is 16.7. The first-order valence-electron chi connectivity index (χ1n) is 8.16. The molecule has 0 spiro atoms. The first-order chi connectivity index (χ1) is 11.5. The van der Waals surface area contributed by atoms with Crippen molar-refractivity contribution in [3.8, 4) is 0 Å². The van der Waals surface area contributed by atoms with Gasteiger partial charge in [0.05, 0.1) is 0 Å². The van der Waals surface area contributed by atoms with Gasteiger partial charge in [0.1, 0.15) is 0 Å². The molecule has 0 atom stereocenters. The van der Waals surface area contributed by atoms with Gasteiger partial charge in [0, 0.05) is 42.6 Å². The van der Waals surface area contributed by atoms with Gasteiger partial charge < -0.3 is 15.1 Å². The molecule has 1 heterocycles.